The standard InChI is InChI=1S/C40H30N4/c1-3-43-35-11-7-5-9-29(35)33-23-25(13-17-37(33)43)27-19-21-41-39-31(27)15-16-32-28(20-22-42-40(32)39)26-14-18-38-34(24-26)30-10-6-8-12-36(30)44(38)4-2/h5-24H,3-4H2,1-2H3. The third kappa shape index (κ3) is 3.45. The van der Waals surface area contributed by atoms with Crippen LogP contribution < -0.4 is 0 Å². The molecule has 9 rings (SSSR count). The lowest BCUT2D eigenvalue weighted by Crippen LogP contribution is -1.93. The Hall–Kier alpha value is -5.48. The molecule has 4 heterocycles. The highest BCUT2D eigenvalue weighted by Gasteiger charge is 2.16. The van der Waals surface area contributed by atoms with Crippen molar-refractivity contribution >= 4 is 65.4 Å². The van der Waals surface area contributed by atoms with Crippen molar-refractivity contribution < 1.29 is 0 Å². The van der Waals surface area contributed by atoms with Gasteiger partial charge in [-0.3, -0.25) is 9.97 Å². The first kappa shape index (κ1) is 25.1. The second-order valence-electron chi connectivity index (χ2n) is 11.6. The molecule has 0 aliphatic heterocycles. The van der Waals surface area contributed by atoms with Gasteiger partial charge >= 0.3 is 0 Å². The zero-order valence-electron chi connectivity index (χ0n) is 24.8. The van der Waals surface area contributed by atoms with Crippen LogP contribution in [-0.4, -0.2) is 19.1 Å². The molecule has 0 unspecified atom stereocenters. The summed E-state index contributed by atoms with van der Waals surface area (Å²) in [7, 11) is 0. The van der Waals surface area contributed by atoms with Crippen molar-refractivity contribution in [3.63, 3.8) is 0 Å². The van der Waals surface area contributed by atoms with Gasteiger partial charge in [-0.2, -0.15) is 0 Å². The largest absolute Gasteiger partial charge is 0.341 e. The summed E-state index contributed by atoms with van der Waals surface area (Å²) < 4.78 is 4.80. The average molecular weight is 567 g/mol. The molecule has 0 aliphatic carbocycles. The number of nitrogens with zero attached hydrogens (tertiary/aromatic N) is 4. The normalized spacial score (nSPS) is 12.0. The summed E-state index contributed by atoms with van der Waals surface area (Å²) in [5.74, 6) is 0. The predicted molar refractivity (Wildman–Crippen MR) is 185 cm³/mol. The molecular formula is C40H30N4. The number of hydrogen-bond donors (Lipinski definition) is 0. The Morgan fingerprint density at radius 3 is 1.32 bits per heavy atom. The fourth-order valence-electron chi connectivity index (χ4n) is 7.46. The van der Waals surface area contributed by atoms with E-state index in [9.17, 15) is 0 Å². The van der Waals surface area contributed by atoms with E-state index in [1.165, 1.54) is 65.9 Å². The van der Waals surface area contributed by atoms with Crippen LogP contribution in [0.3, 0.4) is 0 Å². The van der Waals surface area contributed by atoms with E-state index < -0.39 is 0 Å². The third-order valence-corrected chi connectivity index (χ3v) is 9.42. The molecule has 210 valence electrons. The first-order chi connectivity index (χ1) is 21.7. The topological polar surface area (TPSA) is 35.6 Å². The zero-order chi connectivity index (χ0) is 29.4. The average Bonchev–Trinajstić information content (AvgIpc) is 3.58. The van der Waals surface area contributed by atoms with Gasteiger partial charge in [0.1, 0.15) is 0 Å². The molecule has 0 amide bonds. The number of benzene rings is 5. The monoisotopic (exact) mass is 566 g/mol. The maximum absolute atomic E-state index is 4.90. The Kier molecular flexibility index (Phi) is 5.42. The van der Waals surface area contributed by atoms with E-state index in [0.29, 0.717) is 0 Å². The maximum atomic E-state index is 4.90. The second kappa shape index (κ2) is 9.51. The highest BCUT2D eigenvalue weighted by Crippen LogP contribution is 2.39. The number of fused-ring (bicyclic) bond motifs is 9. The molecule has 0 saturated carbocycles. The van der Waals surface area contributed by atoms with Gasteiger partial charge < -0.3 is 9.13 Å². The Labute approximate surface area is 254 Å². The molecule has 0 saturated heterocycles. The molecule has 0 radical (unpaired) electrons. The third-order valence-electron chi connectivity index (χ3n) is 9.42. The van der Waals surface area contributed by atoms with Crippen LogP contribution in [0.2, 0.25) is 0 Å². The Morgan fingerprint density at radius 2 is 0.864 bits per heavy atom. The second-order valence-corrected chi connectivity index (χ2v) is 11.6. The first-order valence-corrected chi connectivity index (χ1v) is 15.4. The van der Waals surface area contributed by atoms with E-state index in [0.717, 1.165) is 34.9 Å². The number of para-hydroxylation sites is 2. The molecule has 44 heavy (non-hydrogen) atoms. The molecule has 0 N–H and O–H groups in total. The van der Waals surface area contributed by atoms with Crippen LogP contribution in [0.1, 0.15) is 13.8 Å². The van der Waals surface area contributed by atoms with Crippen molar-refractivity contribution in [2.75, 3.05) is 0 Å². The molecule has 0 spiro atoms. The summed E-state index contributed by atoms with van der Waals surface area (Å²) in [5.41, 5.74) is 11.7. The van der Waals surface area contributed by atoms with Crippen LogP contribution in [0.15, 0.2) is 122 Å². The fourth-order valence-corrected chi connectivity index (χ4v) is 7.46. The highest BCUT2D eigenvalue weighted by atomic mass is 15.0. The van der Waals surface area contributed by atoms with Crippen LogP contribution >= 0.6 is 0 Å². The number of rotatable bonds is 4. The van der Waals surface area contributed by atoms with Crippen LogP contribution in [0.5, 0.6) is 0 Å². The molecule has 9 aromatic rings. The van der Waals surface area contributed by atoms with Gasteiger partial charge in [-0.05, 0) is 84.6 Å². The molecule has 4 heteroatoms. The molecule has 0 fully saturated rings. The number of pyridine rings is 2. The van der Waals surface area contributed by atoms with E-state index in [1.807, 2.05) is 12.4 Å². The Balaban J connectivity index is 1.24. The van der Waals surface area contributed by atoms with E-state index in [4.69, 9.17) is 9.97 Å². The molecule has 0 bridgehead atoms. The van der Waals surface area contributed by atoms with E-state index in [2.05, 4.69) is 132 Å². The van der Waals surface area contributed by atoms with Crippen molar-refractivity contribution in [2.45, 2.75) is 26.9 Å². The predicted octanol–water partition coefficient (Wildman–Crippen LogP) is 10.4. The fraction of sp³-hybridized carbons (Fsp3) is 0.100. The van der Waals surface area contributed by atoms with Gasteiger partial charge in [0, 0.05) is 79.9 Å². The summed E-state index contributed by atoms with van der Waals surface area (Å²) in [6.45, 7) is 6.30. The highest BCUT2D eigenvalue weighted by molar-refractivity contribution is 6.15. The van der Waals surface area contributed by atoms with Crippen molar-refractivity contribution in [2.24, 2.45) is 0 Å². The van der Waals surface area contributed by atoms with Crippen molar-refractivity contribution in [1.82, 2.24) is 19.1 Å². The van der Waals surface area contributed by atoms with Crippen molar-refractivity contribution in [3.8, 4) is 22.3 Å². The number of aryl methyl sites for hydroxylation is 2. The summed E-state index contributed by atoms with van der Waals surface area (Å²) in [4.78, 5) is 9.79. The first-order valence-electron chi connectivity index (χ1n) is 15.4. The lowest BCUT2D eigenvalue weighted by Gasteiger charge is -2.12. The number of hydrogen-bond acceptors (Lipinski definition) is 2. The van der Waals surface area contributed by atoms with Gasteiger partial charge in [-0.15, -0.1) is 0 Å². The lowest BCUT2D eigenvalue weighted by molar-refractivity contribution is 0.827. The minimum atomic E-state index is 0.932. The van der Waals surface area contributed by atoms with E-state index in [-0.39, 0.29) is 0 Å². The molecular weight excluding hydrogens is 536 g/mol. The SMILES string of the molecule is CCn1c2ccccc2c2cc(-c3ccnc4c3ccc3c(-c5ccc6c(c5)c5ccccc5n6CC)ccnc34)ccc21. The van der Waals surface area contributed by atoms with Gasteiger partial charge in [-0.25, -0.2) is 0 Å². The summed E-state index contributed by atoms with van der Waals surface area (Å²) in [6.07, 6.45) is 3.85. The van der Waals surface area contributed by atoms with Crippen molar-refractivity contribution in [3.05, 3.63) is 122 Å². The maximum Gasteiger partial charge on any atom is 0.0970 e. The molecule has 4 nitrogen and oxygen atoms in total. The molecule has 5 aromatic carbocycles. The van der Waals surface area contributed by atoms with Crippen LogP contribution in [-0.2, 0) is 13.1 Å². The van der Waals surface area contributed by atoms with Gasteiger partial charge in [0.05, 0.1) is 11.0 Å². The van der Waals surface area contributed by atoms with Gasteiger partial charge in [-0.1, -0.05) is 60.7 Å². The Morgan fingerprint density at radius 1 is 0.432 bits per heavy atom. The Bertz CT molecular complexity index is 2400. The van der Waals surface area contributed by atoms with Crippen molar-refractivity contribution in [1.29, 1.82) is 0 Å². The summed E-state index contributed by atoms with van der Waals surface area (Å²) in [6, 6.07) is 39.8. The van der Waals surface area contributed by atoms with Gasteiger partial charge in [0.25, 0.3) is 0 Å². The molecule has 0 atom stereocenters. The zero-order valence-corrected chi connectivity index (χ0v) is 24.8. The summed E-state index contributed by atoms with van der Waals surface area (Å²) >= 11 is 0. The van der Waals surface area contributed by atoms with E-state index >= 15 is 0 Å². The van der Waals surface area contributed by atoms with E-state index in [1.54, 1.807) is 0 Å². The minimum absolute atomic E-state index is 0.932. The van der Waals surface area contributed by atoms with Crippen LogP contribution in [0.4, 0.5) is 0 Å². The molecule has 4 aromatic heterocycles. The molecule has 0 aliphatic rings. The smallest absolute Gasteiger partial charge is 0.0970 e. The number of aromatic nitrogens is 4. The van der Waals surface area contributed by atoms with Crippen LogP contribution in [0, 0.1) is 0 Å². The quantitative estimate of drug-likeness (QED) is 0.199. The van der Waals surface area contributed by atoms with Crippen LogP contribution in [0.25, 0.3) is 87.7 Å². The van der Waals surface area contributed by atoms with Gasteiger partial charge in [0.15, 0.2) is 0 Å². The minimum Gasteiger partial charge on any atom is -0.341 e. The van der Waals surface area contributed by atoms with Gasteiger partial charge in [0.2, 0.25) is 0 Å². The summed E-state index contributed by atoms with van der Waals surface area (Å²) in [5, 5.41) is 7.38. The lowest BCUT2D eigenvalue weighted by atomic mass is 9.95.